The Balaban J connectivity index is 1.18. The molecule has 272 valence electrons. The van der Waals surface area contributed by atoms with Crippen LogP contribution in [0.5, 0.6) is 0 Å². The van der Waals surface area contributed by atoms with Crippen LogP contribution < -0.4 is 0 Å². The van der Waals surface area contributed by atoms with Crippen LogP contribution in [0.15, 0.2) is 84.1 Å². The first-order chi connectivity index (χ1) is 23.7. The van der Waals surface area contributed by atoms with Gasteiger partial charge in [-0.05, 0) is 143 Å². The van der Waals surface area contributed by atoms with Crippen molar-refractivity contribution in [2.75, 3.05) is 0 Å². The number of rotatable bonds is 19. The third-order valence-electron chi connectivity index (χ3n) is 11.9. The molecule has 0 unspecified atom stereocenters. The zero-order valence-corrected chi connectivity index (χ0v) is 31.2. The minimum absolute atomic E-state index is 0.0476. The van der Waals surface area contributed by atoms with Crippen LogP contribution in [0, 0.1) is 29.1 Å². The molecule has 0 radical (unpaired) electrons. The second-order valence-electron chi connectivity index (χ2n) is 15.8. The van der Waals surface area contributed by atoms with E-state index in [2.05, 4.69) is 88.1 Å². The molecule has 4 heteroatoms. The number of aliphatic hydroxyl groups is 2. The molecule has 0 aromatic carbocycles. The molecule has 4 fully saturated rings. The lowest BCUT2D eigenvalue weighted by atomic mass is 9.61. The predicted molar refractivity (Wildman–Crippen MR) is 205 cm³/mol. The highest BCUT2D eigenvalue weighted by molar-refractivity contribution is 5.69. The van der Waals surface area contributed by atoms with Crippen molar-refractivity contribution in [2.24, 2.45) is 29.1 Å². The highest BCUT2D eigenvalue weighted by Gasteiger charge is 2.50. The number of hydrogen-bond acceptors (Lipinski definition) is 4. The highest BCUT2D eigenvalue weighted by Crippen LogP contribution is 2.59. The Bertz CT molecular complexity index is 1230. The molecule has 0 spiro atoms. The van der Waals surface area contributed by atoms with Gasteiger partial charge in [-0.2, -0.15) is 0 Å². The van der Waals surface area contributed by atoms with Crippen LogP contribution in [0.2, 0.25) is 0 Å². The van der Waals surface area contributed by atoms with Gasteiger partial charge >= 0.3 is 5.97 Å². The first-order valence-electron chi connectivity index (χ1n) is 20.0. The summed E-state index contributed by atoms with van der Waals surface area (Å²) >= 11 is 0. The van der Waals surface area contributed by atoms with E-state index in [4.69, 9.17) is 4.74 Å². The monoisotopic (exact) mass is 673 g/mol. The number of allylic oxidation sites excluding steroid dienone is 10. The molecule has 0 aromatic rings. The molecule has 0 aromatic heterocycles. The van der Waals surface area contributed by atoms with Crippen molar-refractivity contribution in [3.05, 3.63) is 84.1 Å². The Morgan fingerprint density at radius 3 is 2.33 bits per heavy atom. The van der Waals surface area contributed by atoms with Gasteiger partial charge in [0.05, 0.1) is 12.2 Å². The van der Waals surface area contributed by atoms with Crippen LogP contribution in [0.3, 0.4) is 0 Å². The molecule has 4 saturated carbocycles. The van der Waals surface area contributed by atoms with Gasteiger partial charge in [0.15, 0.2) is 0 Å². The summed E-state index contributed by atoms with van der Waals surface area (Å²) in [6, 6.07) is 0. The van der Waals surface area contributed by atoms with Crippen LogP contribution in [0.1, 0.15) is 143 Å². The van der Waals surface area contributed by atoms with Crippen LogP contribution in [-0.2, 0) is 9.53 Å². The van der Waals surface area contributed by atoms with Crippen LogP contribution in [0.4, 0.5) is 0 Å². The molecule has 0 bridgehead atoms. The van der Waals surface area contributed by atoms with Crippen molar-refractivity contribution >= 4 is 5.97 Å². The van der Waals surface area contributed by atoms with E-state index in [-0.39, 0.29) is 17.5 Å². The van der Waals surface area contributed by atoms with Gasteiger partial charge in [-0.3, -0.25) is 4.79 Å². The lowest BCUT2D eigenvalue weighted by Gasteiger charge is -2.44. The zero-order valence-electron chi connectivity index (χ0n) is 31.2. The Labute approximate surface area is 299 Å². The topological polar surface area (TPSA) is 66.8 Å². The fraction of sp³-hybridized carbons (Fsp3) is 0.667. The van der Waals surface area contributed by atoms with Crippen LogP contribution in [0.25, 0.3) is 0 Å². The van der Waals surface area contributed by atoms with Crippen molar-refractivity contribution in [3.63, 3.8) is 0 Å². The molecule has 4 nitrogen and oxygen atoms in total. The summed E-state index contributed by atoms with van der Waals surface area (Å²) in [5.41, 5.74) is 3.54. The Morgan fingerprint density at radius 1 is 0.939 bits per heavy atom. The van der Waals surface area contributed by atoms with E-state index in [1.54, 1.807) is 0 Å². The number of carbonyl (C=O) groups is 1. The average molecular weight is 673 g/mol. The first-order valence-corrected chi connectivity index (χ1v) is 20.0. The van der Waals surface area contributed by atoms with Gasteiger partial charge in [0.1, 0.15) is 6.10 Å². The van der Waals surface area contributed by atoms with E-state index >= 15 is 0 Å². The van der Waals surface area contributed by atoms with Crippen LogP contribution in [-0.4, -0.2) is 34.5 Å². The highest BCUT2D eigenvalue weighted by atomic mass is 16.5. The van der Waals surface area contributed by atoms with E-state index < -0.39 is 12.2 Å². The Kier molecular flexibility index (Phi) is 16.4. The summed E-state index contributed by atoms with van der Waals surface area (Å²) in [6.45, 7) is 11.2. The molecule has 7 atom stereocenters. The van der Waals surface area contributed by atoms with Crippen molar-refractivity contribution in [3.8, 4) is 0 Å². The Morgan fingerprint density at radius 2 is 1.63 bits per heavy atom. The summed E-state index contributed by atoms with van der Waals surface area (Å²) < 4.78 is 6.05. The van der Waals surface area contributed by atoms with Gasteiger partial charge in [-0.1, -0.05) is 100 Å². The van der Waals surface area contributed by atoms with Gasteiger partial charge in [-0.15, -0.1) is 0 Å². The molecule has 4 rings (SSSR count). The summed E-state index contributed by atoms with van der Waals surface area (Å²) in [7, 11) is 0. The molecular formula is C45H68O4. The van der Waals surface area contributed by atoms with Crippen molar-refractivity contribution in [2.45, 2.75) is 161 Å². The molecule has 49 heavy (non-hydrogen) atoms. The van der Waals surface area contributed by atoms with Crippen molar-refractivity contribution < 1.29 is 19.7 Å². The molecule has 4 aliphatic rings. The first kappa shape index (κ1) is 39.4. The number of carbonyl (C=O) groups excluding carboxylic acids is 1. The third kappa shape index (κ3) is 12.4. The van der Waals surface area contributed by atoms with E-state index in [0.29, 0.717) is 42.9 Å². The number of fused-ring (bicyclic) bond motifs is 1. The third-order valence-corrected chi connectivity index (χ3v) is 11.9. The number of aliphatic hydroxyl groups excluding tert-OH is 2. The van der Waals surface area contributed by atoms with Gasteiger partial charge in [0.25, 0.3) is 0 Å². The second-order valence-corrected chi connectivity index (χ2v) is 15.8. The largest absolute Gasteiger partial charge is 0.458 e. The maximum Gasteiger partial charge on any atom is 0.306 e. The van der Waals surface area contributed by atoms with Crippen molar-refractivity contribution in [1.29, 1.82) is 0 Å². The SMILES string of the molecule is C=C1/C(=C/C=C2\CCC[C@]3(C)[C@@H]([C@H](C)/C=C/[C@@H](OC(=O)CCCC/C=C\C/C=C\C/C=C\CCCCC)C4CC4)CC[C@@H]23)C[C@@H](O)C[C@@H]1O. The quantitative estimate of drug-likeness (QED) is 0.0814. The molecular weight excluding hydrogens is 604 g/mol. The average Bonchev–Trinajstić information content (AvgIpc) is 3.86. The number of hydrogen-bond donors (Lipinski definition) is 2. The molecule has 0 amide bonds. The zero-order chi connectivity index (χ0) is 35.1. The normalized spacial score (nSPS) is 30.8. The summed E-state index contributed by atoms with van der Waals surface area (Å²) in [5, 5.41) is 20.5. The predicted octanol–water partition coefficient (Wildman–Crippen LogP) is 11.2. The van der Waals surface area contributed by atoms with E-state index in [0.717, 1.165) is 62.5 Å². The standard InChI is InChI=1S/C45H68O4/c1-5-6-7-8-9-10-11-12-13-14-15-16-17-18-19-22-44(48)49-43(37-25-26-37)30-23-34(2)40-28-29-41-36(21-20-31-45(40,41)4)24-27-38-32-39(46)33-42(47)35(38)3/h9-10,12-13,15-16,23-24,27,30,34,37,39-43,46-47H,3,5-8,11,14,17-22,25-26,28-29,31-33H2,1-2,4H3/b10-9-,13-12-,16-15-,30-23+,36-24+,38-27+/t34-,39-,40-,41+,42+,43-,45-/m1/s1. The van der Waals surface area contributed by atoms with Gasteiger partial charge in [0, 0.05) is 12.8 Å². The molecule has 0 saturated heterocycles. The maximum atomic E-state index is 12.8. The van der Waals surface area contributed by atoms with E-state index in [9.17, 15) is 15.0 Å². The smallest absolute Gasteiger partial charge is 0.306 e. The van der Waals surface area contributed by atoms with E-state index in [1.165, 1.54) is 56.9 Å². The molecule has 0 aliphatic heterocycles. The minimum Gasteiger partial charge on any atom is -0.458 e. The van der Waals surface area contributed by atoms with Crippen LogP contribution >= 0.6 is 0 Å². The fourth-order valence-electron chi connectivity index (χ4n) is 8.78. The molecule has 4 aliphatic carbocycles. The summed E-state index contributed by atoms with van der Waals surface area (Å²) in [5.74, 6) is 2.05. The Hall–Kier alpha value is -2.43. The summed E-state index contributed by atoms with van der Waals surface area (Å²) in [6.07, 6.45) is 41.1. The second kappa shape index (κ2) is 20.4. The number of esters is 1. The van der Waals surface area contributed by atoms with Gasteiger partial charge in [-0.25, -0.2) is 0 Å². The maximum absolute atomic E-state index is 12.8. The molecule has 0 heterocycles. The fourth-order valence-corrected chi connectivity index (χ4v) is 8.78. The summed E-state index contributed by atoms with van der Waals surface area (Å²) in [4.78, 5) is 12.8. The molecule has 2 N–H and O–H groups in total. The number of unbranched alkanes of at least 4 members (excludes halogenated alkanes) is 5. The van der Waals surface area contributed by atoms with Crippen molar-refractivity contribution in [1.82, 2.24) is 0 Å². The lowest BCUT2D eigenvalue weighted by molar-refractivity contribution is -0.147. The number of ether oxygens (including phenoxy) is 1. The van der Waals surface area contributed by atoms with Gasteiger partial charge in [0.2, 0.25) is 0 Å². The van der Waals surface area contributed by atoms with Gasteiger partial charge < -0.3 is 14.9 Å². The van der Waals surface area contributed by atoms with E-state index in [1.807, 2.05) is 0 Å². The lowest BCUT2D eigenvalue weighted by Crippen LogP contribution is -2.35. The minimum atomic E-state index is -0.643.